The fourth-order valence-electron chi connectivity index (χ4n) is 2.95. The Morgan fingerprint density at radius 3 is 2.46 bits per heavy atom. The van der Waals surface area contributed by atoms with Gasteiger partial charge in [0.05, 0.1) is 33.2 Å². The molecule has 0 aliphatic heterocycles. The zero-order valence-electron chi connectivity index (χ0n) is 16.0. The van der Waals surface area contributed by atoms with E-state index in [0.29, 0.717) is 29.0 Å². The highest BCUT2D eigenvalue weighted by molar-refractivity contribution is 5.79. The van der Waals surface area contributed by atoms with Gasteiger partial charge in [-0.25, -0.2) is 9.97 Å². The number of aromatic amines is 1. The van der Waals surface area contributed by atoms with E-state index in [-0.39, 0.29) is 0 Å². The van der Waals surface area contributed by atoms with Crippen LogP contribution in [0.1, 0.15) is 5.56 Å². The summed E-state index contributed by atoms with van der Waals surface area (Å²) in [6.45, 7) is 2.01. The van der Waals surface area contributed by atoms with Crippen molar-refractivity contribution in [3.05, 3.63) is 42.6 Å². The summed E-state index contributed by atoms with van der Waals surface area (Å²) < 4.78 is 18.0. The van der Waals surface area contributed by atoms with Crippen LogP contribution in [0.2, 0.25) is 0 Å². The molecule has 4 rings (SSSR count). The Morgan fingerprint density at radius 2 is 1.79 bits per heavy atom. The molecule has 0 amide bonds. The quantitative estimate of drug-likeness (QED) is 0.530. The lowest BCUT2D eigenvalue weighted by Gasteiger charge is -2.14. The molecule has 0 fully saturated rings. The van der Waals surface area contributed by atoms with Crippen LogP contribution < -0.4 is 19.5 Å². The van der Waals surface area contributed by atoms with Gasteiger partial charge < -0.3 is 29.1 Å². The van der Waals surface area contributed by atoms with Crippen LogP contribution in [-0.4, -0.2) is 45.8 Å². The summed E-state index contributed by atoms with van der Waals surface area (Å²) in [5.41, 5.74) is 2.69. The minimum absolute atomic E-state index is 0.462. The molecule has 3 heterocycles. The van der Waals surface area contributed by atoms with E-state index in [0.717, 1.165) is 22.3 Å². The number of aromatic nitrogens is 5. The number of aryl methyl sites for hydroxylation is 1. The first-order chi connectivity index (χ1) is 13.6. The number of hydrogen-bond acceptors (Lipinski definition) is 7. The number of imidazole rings is 1. The molecule has 28 heavy (non-hydrogen) atoms. The molecule has 0 unspecified atom stereocenters. The van der Waals surface area contributed by atoms with Gasteiger partial charge >= 0.3 is 0 Å². The van der Waals surface area contributed by atoms with E-state index < -0.39 is 0 Å². The van der Waals surface area contributed by atoms with Crippen molar-refractivity contribution in [2.45, 2.75) is 6.92 Å². The number of methoxy groups -OCH3 is 3. The van der Waals surface area contributed by atoms with Gasteiger partial charge in [-0.2, -0.15) is 4.98 Å². The molecule has 0 bridgehead atoms. The molecule has 0 saturated carbocycles. The first-order valence-electron chi connectivity index (χ1n) is 8.55. The average molecular weight is 380 g/mol. The Morgan fingerprint density at radius 1 is 1.04 bits per heavy atom. The summed E-state index contributed by atoms with van der Waals surface area (Å²) >= 11 is 0. The van der Waals surface area contributed by atoms with Crippen LogP contribution in [0.3, 0.4) is 0 Å². The second-order valence-electron chi connectivity index (χ2n) is 6.10. The monoisotopic (exact) mass is 380 g/mol. The number of hydrogen-bond donors (Lipinski definition) is 2. The second-order valence-corrected chi connectivity index (χ2v) is 6.10. The summed E-state index contributed by atoms with van der Waals surface area (Å²) in [5, 5.41) is 4.11. The second kappa shape index (κ2) is 7.10. The lowest BCUT2D eigenvalue weighted by atomic mass is 10.2. The van der Waals surface area contributed by atoms with Gasteiger partial charge in [-0.3, -0.25) is 0 Å². The maximum absolute atomic E-state index is 5.41. The van der Waals surface area contributed by atoms with Crippen molar-refractivity contribution in [1.82, 2.24) is 24.5 Å². The van der Waals surface area contributed by atoms with E-state index in [2.05, 4.69) is 25.3 Å². The number of rotatable bonds is 6. The van der Waals surface area contributed by atoms with Crippen molar-refractivity contribution < 1.29 is 14.2 Å². The maximum atomic E-state index is 5.41. The molecule has 9 heteroatoms. The minimum atomic E-state index is 0.462. The average Bonchev–Trinajstić information content (AvgIpc) is 3.33. The molecule has 2 N–H and O–H groups in total. The lowest BCUT2D eigenvalue weighted by Crippen LogP contribution is -1.99. The van der Waals surface area contributed by atoms with Crippen LogP contribution in [0.4, 0.5) is 11.8 Å². The Balaban J connectivity index is 1.63. The SMILES string of the molecule is COc1cc(-n2cnc(Nc3ncc4c(C)c[nH]c4n3)c2)cc(OC)c1OC. The Kier molecular flexibility index (Phi) is 4.48. The molecular formula is C19H20N6O3. The van der Waals surface area contributed by atoms with Gasteiger partial charge in [0.25, 0.3) is 0 Å². The predicted molar refractivity (Wildman–Crippen MR) is 105 cm³/mol. The number of anilines is 2. The molecule has 0 spiro atoms. The lowest BCUT2D eigenvalue weighted by molar-refractivity contribution is 0.324. The third-order valence-corrected chi connectivity index (χ3v) is 4.41. The standard InChI is InChI=1S/C19H20N6O3/c1-11-7-20-18-13(11)8-21-19(24-18)23-16-9-25(10-22-16)12-5-14(26-2)17(28-4)15(6-12)27-3/h5-10H,1-4H3,(H2,20,21,23,24). The van der Waals surface area contributed by atoms with Gasteiger partial charge in [0.1, 0.15) is 12.0 Å². The minimum Gasteiger partial charge on any atom is -0.493 e. The van der Waals surface area contributed by atoms with Gasteiger partial charge in [-0.05, 0) is 12.5 Å². The van der Waals surface area contributed by atoms with E-state index in [9.17, 15) is 0 Å². The van der Waals surface area contributed by atoms with Crippen LogP contribution in [0.15, 0.2) is 37.1 Å². The van der Waals surface area contributed by atoms with Crippen molar-refractivity contribution in [3.8, 4) is 22.9 Å². The number of benzene rings is 1. The summed E-state index contributed by atoms with van der Waals surface area (Å²) in [4.78, 5) is 16.3. The van der Waals surface area contributed by atoms with Crippen molar-refractivity contribution >= 4 is 22.8 Å². The zero-order valence-corrected chi connectivity index (χ0v) is 16.0. The number of H-pyrrole nitrogens is 1. The normalized spacial score (nSPS) is 10.9. The fraction of sp³-hybridized carbons (Fsp3) is 0.211. The topological polar surface area (TPSA) is 99.1 Å². The third kappa shape index (κ3) is 3.07. The maximum Gasteiger partial charge on any atom is 0.230 e. The Hall–Kier alpha value is -3.75. The van der Waals surface area contributed by atoms with Crippen LogP contribution in [0.5, 0.6) is 17.2 Å². The van der Waals surface area contributed by atoms with Gasteiger partial charge in [0.15, 0.2) is 17.3 Å². The van der Waals surface area contributed by atoms with Crippen molar-refractivity contribution in [2.24, 2.45) is 0 Å². The predicted octanol–water partition coefficient (Wildman–Crippen LogP) is 3.22. The van der Waals surface area contributed by atoms with Gasteiger partial charge in [0.2, 0.25) is 11.7 Å². The molecule has 4 aromatic rings. The van der Waals surface area contributed by atoms with Gasteiger partial charge in [-0.15, -0.1) is 0 Å². The van der Waals surface area contributed by atoms with Crippen LogP contribution >= 0.6 is 0 Å². The fourth-order valence-corrected chi connectivity index (χ4v) is 2.95. The molecule has 0 radical (unpaired) electrons. The van der Waals surface area contributed by atoms with E-state index in [4.69, 9.17) is 14.2 Å². The summed E-state index contributed by atoms with van der Waals surface area (Å²) in [5.74, 6) is 2.74. The highest BCUT2D eigenvalue weighted by Gasteiger charge is 2.14. The first-order valence-corrected chi connectivity index (χ1v) is 8.55. The molecule has 144 valence electrons. The van der Waals surface area contributed by atoms with Crippen molar-refractivity contribution in [2.75, 3.05) is 26.6 Å². The smallest absolute Gasteiger partial charge is 0.230 e. The number of nitrogens with one attached hydrogen (secondary N) is 2. The molecule has 0 saturated heterocycles. The van der Waals surface area contributed by atoms with Crippen LogP contribution in [0.25, 0.3) is 16.7 Å². The molecule has 0 atom stereocenters. The van der Waals surface area contributed by atoms with E-state index in [1.807, 2.05) is 36.0 Å². The molecule has 1 aromatic carbocycles. The molecule has 0 aliphatic rings. The summed E-state index contributed by atoms with van der Waals surface area (Å²) in [6.07, 6.45) is 7.20. The van der Waals surface area contributed by atoms with Crippen LogP contribution in [-0.2, 0) is 0 Å². The Bertz CT molecular complexity index is 1110. The zero-order chi connectivity index (χ0) is 19.7. The first kappa shape index (κ1) is 17.7. The molecular weight excluding hydrogens is 360 g/mol. The molecule has 3 aromatic heterocycles. The largest absolute Gasteiger partial charge is 0.493 e. The third-order valence-electron chi connectivity index (χ3n) is 4.41. The number of ether oxygens (including phenoxy) is 3. The van der Waals surface area contributed by atoms with Crippen LogP contribution in [0, 0.1) is 6.92 Å². The highest BCUT2D eigenvalue weighted by Crippen LogP contribution is 2.39. The Labute approximate surface area is 161 Å². The number of fused-ring (bicyclic) bond motifs is 1. The van der Waals surface area contributed by atoms with E-state index >= 15 is 0 Å². The van der Waals surface area contributed by atoms with Gasteiger partial charge in [0, 0.05) is 29.9 Å². The highest BCUT2D eigenvalue weighted by atomic mass is 16.5. The molecule has 9 nitrogen and oxygen atoms in total. The summed E-state index contributed by atoms with van der Waals surface area (Å²) in [7, 11) is 4.73. The van der Waals surface area contributed by atoms with Gasteiger partial charge in [-0.1, -0.05) is 0 Å². The van der Waals surface area contributed by atoms with Crippen molar-refractivity contribution in [1.29, 1.82) is 0 Å². The summed E-state index contributed by atoms with van der Waals surface area (Å²) in [6, 6.07) is 3.69. The number of nitrogens with zero attached hydrogens (tertiary/aromatic N) is 4. The molecule has 0 aliphatic carbocycles. The van der Waals surface area contributed by atoms with E-state index in [1.165, 1.54) is 0 Å². The van der Waals surface area contributed by atoms with E-state index in [1.54, 1.807) is 33.9 Å². The van der Waals surface area contributed by atoms with Crippen molar-refractivity contribution in [3.63, 3.8) is 0 Å².